The second-order valence-electron chi connectivity index (χ2n) is 4.31. The number of nitrogens with zero attached hydrogens (tertiary/aromatic N) is 1. The second kappa shape index (κ2) is 4.82. The van der Waals surface area contributed by atoms with Crippen LogP contribution in [0.5, 0.6) is 0 Å². The lowest BCUT2D eigenvalue weighted by Crippen LogP contribution is -2.16. The van der Waals surface area contributed by atoms with E-state index in [0.717, 1.165) is 25.2 Å². The molecule has 0 bridgehead atoms. The Balaban J connectivity index is 2.05. The third-order valence-electron chi connectivity index (χ3n) is 2.96. The standard InChI is InChI=1S/C13H16F2N2/c1-2-13(14,15)8-7-11-6-5-10-4-3-9-16-12(10)17-11/h2,5-6H,1,3-4,7-9H2,(H,16,17). The molecule has 0 amide bonds. The van der Waals surface area contributed by atoms with Crippen molar-refractivity contribution in [3.8, 4) is 0 Å². The van der Waals surface area contributed by atoms with Gasteiger partial charge in [-0.2, -0.15) is 0 Å². The van der Waals surface area contributed by atoms with Gasteiger partial charge in [-0.05, 0) is 37.0 Å². The van der Waals surface area contributed by atoms with Gasteiger partial charge in [0.2, 0.25) is 0 Å². The number of rotatable bonds is 4. The Labute approximate surface area is 99.8 Å². The normalized spacial score (nSPS) is 14.9. The van der Waals surface area contributed by atoms with Gasteiger partial charge in [-0.25, -0.2) is 13.8 Å². The lowest BCUT2D eigenvalue weighted by atomic mass is 10.1. The van der Waals surface area contributed by atoms with Crippen LogP contribution in [0.3, 0.4) is 0 Å². The maximum Gasteiger partial charge on any atom is 0.266 e. The molecule has 0 saturated heterocycles. The monoisotopic (exact) mass is 238 g/mol. The Morgan fingerprint density at radius 3 is 3.06 bits per heavy atom. The molecule has 2 rings (SSSR count). The highest BCUT2D eigenvalue weighted by molar-refractivity contribution is 5.47. The summed E-state index contributed by atoms with van der Waals surface area (Å²) in [5.74, 6) is -1.94. The Bertz CT molecular complexity index is 416. The Morgan fingerprint density at radius 1 is 1.47 bits per heavy atom. The largest absolute Gasteiger partial charge is 0.370 e. The summed E-state index contributed by atoms with van der Waals surface area (Å²) in [6.07, 6.45) is 2.85. The van der Waals surface area contributed by atoms with E-state index in [-0.39, 0.29) is 12.8 Å². The van der Waals surface area contributed by atoms with E-state index in [0.29, 0.717) is 11.8 Å². The highest BCUT2D eigenvalue weighted by Gasteiger charge is 2.23. The van der Waals surface area contributed by atoms with Gasteiger partial charge in [0.1, 0.15) is 5.82 Å². The van der Waals surface area contributed by atoms with E-state index < -0.39 is 5.92 Å². The van der Waals surface area contributed by atoms with E-state index in [4.69, 9.17) is 0 Å². The molecule has 17 heavy (non-hydrogen) atoms. The SMILES string of the molecule is C=CC(F)(F)CCc1ccc2c(n1)NCCC2. The first kappa shape index (κ1) is 12.0. The summed E-state index contributed by atoms with van der Waals surface area (Å²) < 4.78 is 26.0. The van der Waals surface area contributed by atoms with Gasteiger partial charge in [-0.3, -0.25) is 0 Å². The van der Waals surface area contributed by atoms with E-state index in [2.05, 4.69) is 16.9 Å². The van der Waals surface area contributed by atoms with E-state index in [9.17, 15) is 8.78 Å². The summed E-state index contributed by atoms with van der Waals surface area (Å²) in [6, 6.07) is 3.82. The van der Waals surface area contributed by atoms with Crippen LogP contribution in [-0.4, -0.2) is 17.5 Å². The zero-order valence-electron chi connectivity index (χ0n) is 9.68. The molecule has 2 heterocycles. The number of aromatic nitrogens is 1. The third-order valence-corrected chi connectivity index (χ3v) is 2.96. The quantitative estimate of drug-likeness (QED) is 0.815. The number of alkyl halides is 2. The predicted molar refractivity (Wildman–Crippen MR) is 64.5 cm³/mol. The summed E-state index contributed by atoms with van der Waals surface area (Å²) in [5, 5.41) is 3.20. The van der Waals surface area contributed by atoms with Crippen LogP contribution in [0.4, 0.5) is 14.6 Å². The summed E-state index contributed by atoms with van der Waals surface area (Å²) in [5.41, 5.74) is 1.88. The van der Waals surface area contributed by atoms with Crippen LogP contribution in [0.25, 0.3) is 0 Å². The zero-order chi connectivity index (χ0) is 12.3. The van der Waals surface area contributed by atoms with Crippen molar-refractivity contribution in [2.24, 2.45) is 0 Å². The lowest BCUT2D eigenvalue weighted by molar-refractivity contribution is 0.0461. The topological polar surface area (TPSA) is 24.9 Å². The van der Waals surface area contributed by atoms with Crippen molar-refractivity contribution >= 4 is 5.82 Å². The molecule has 2 nitrogen and oxygen atoms in total. The van der Waals surface area contributed by atoms with Crippen LogP contribution < -0.4 is 5.32 Å². The van der Waals surface area contributed by atoms with E-state index in [1.807, 2.05) is 12.1 Å². The number of anilines is 1. The summed E-state index contributed by atoms with van der Waals surface area (Å²) in [7, 11) is 0. The minimum absolute atomic E-state index is 0.234. The van der Waals surface area contributed by atoms with E-state index >= 15 is 0 Å². The van der Waals surface area contributed by atoms with Gasteiger partial charge in [0.15, 0.2) is 0 Å². The Hall–Kier alpha value is -1.45. The number of aryl methyl sites for hydroxylation is 2. The number of allylic oxidation sites excluding steroid dienone is 1. The average molecular weight is 238 g/mol. The number of halogens is 2. The minimum Gasteiger partial charge on any atom is -0.370 e. The number of hydrogen-bond acceptors (Lipinski definition) is 2. The molecular formula is C13H16F2N2. The molecule has 0 fully saturated rings. The van der Waals surface area contributed by atoms with Gasteiger partial charge < -0.3 is 5.32 Å². The first-order valence-electron chi connectivity index (χ1n) is 5.85. The summed E-state index contributed by atoms with van der Waals surface area (Å²) >= 11 is 0. The maximum absolute atomic E-state index is 13.0. The third kappa shape index (κ3) is 3.02. The summed E-state index contributed by atoms with van der Waals surface area (Å²) in [6.45, 7) is 4.04. The molecule has 1 N–H and O–H groups in total. The second-order valence-corrected chi connectivity index (χ2v) is 4.31. The summed E-state index contributed by atoms with van der Waals surface area (Å²) in [4.78, 5) is 4.37. The number of hydrogen-bond donors (Lipinski definition) is 1. The van der Waals surface area contributed by atoms with Crippen LogP contribution in [0.15, 0.2) is 24.8 Å². The zero-order valence-corrected chi connectivity index (χ0v) is 9.68. The van der Waals surface area contributed by atoms with Crippen LogP contribution in [0.2, 0.25) is 0 Å². The van der Waals surface area contributed by atoms with Crippen molar-refractivity contribution in [2.75, 3.05) is 11.9 Å². The molecule has 1 aromatic rings. The fourth-order valence-corrected chi connectivity index (χ4v) is 1.90. The molecule has 1 aliphatic rings. The molecule has 0 saturated carbocycles. The smallest absolute Gasteiger partial charge is 0.266 e. The highest BCUT2D eigenvalue weighted by atomic mass is 19.3. The minimum atomic E-state index is -2.80. The first-order chi connectivity index (χ1) is 8.11. The molecule has 0 spiro atoms. The molecule has 1 aliphatic heterocycles. The molecule has 0 aliphatic carbocycles. The molecule has 0 unspecified atom stereocenters. The maximum atomic E-state index is 13.0. The van der Waals surface area contributed by atoms with Gasteiger partial charge in [0, 0.05) is 18.7 Å². The van der Waals surface area contributed by atoms with Crippen molar-refractivity contribution in [1.29, 1.82) is 0 Å². The van der Waals surface area contributed by atoms with Gasteiger partial charge >= 0.3 is 0 Å². The first-order valence-corrected chi connectivity index (χ1v) is 5.85. The van der Waals surface area contributed by atoms with E-state index in [1.54, 1.807) is 0 Å². The molecule has 4 heteroatoms. The van der Waals surface area contributed by atoms with Crippen molar-refractivity contribution in [3.05, 3.63) is 36.0 Å². The van der Waals surface area contributed by atoms with Crippen molar-refractivity contribution in [1.82, 2.24) is 4.98 Å². The van der Waals surface area contributed by atoms with Crippen LogP contribution in [0, 0.1) is 0 Å². The van der Waals surface area contributed by atoms with Gasteiger partial charge in [0.25, 0.3) is 5.92 Å². The van der Waals surface area contributed by atoms with Gasteiger partial charge in [-0.1, -0.05) is 12.6 Å². The number of nitrogens with one attached hydrogen (secondary N) is 1. The van der Waals surface area contributed by atoms with Crippen molar-refractivity contribution in [2.45, 2.75) is 31.6 Å². The molecule has 92 valence electrons. The Morgan fingerprint density at radius 2 is 2.29 bits per heavy atom. The van der Waals surface area contributed by atoms with Crippen molar-refractivity contribution in [3.63, 3.8) is 0 Å². The molecule has 0 atom stereocenters. The van der Waals surface area contributed by atoms with Gasteiger partial charge in [-0.15, -0.1) is 0 Å². The average Bonchev–Trinajstić information content (AvgIpc) is 2.36. The molecular weight excluding hydrogens is 222 g/mol. The van der Waals surface area contributed by atoms with Gasteiger partial charge in [0.05, 0.1) is 0 Å². The molecule has 0 radical (unpaired) electrons. The molecule has 0 aromatic carbocycles. The predicted octanol–water partition coefficient (Wildman–Crippen LogP) is 3.19. The fraction of sp³-hybridized carbons (Fsp3) is 0.462. The van der Waals surface area contributed by atoms with Crippen LogP contribution in [0.1, 0.15) is 24.1 Å². The number of fused-ring (bicyclic) bond motifs is 1. The Kier molecular flexibility index (Phi) is 3.41. The fourth-order valence-electron chi connectivity index (χ4n) is 1.90. The lowest BCUT2D eigenvalue weighted by Gasteiger charge is -2.18. The number of pyridine rings is 1. The van der Waals surface area contributed by atoms with Crippen LogP contribution >= 0.6 is 0 Å². The van der Waals surface area contributed by atoms with E-state index in [1.165, 1.54) is 5.56 Å². The highest BCUT2D eigenvalue weighted by Crippen LogP contribution is 2.24. The van der Waals surface area contributed by atoms with Crippen LogP contribution in [-0.2, 0) is 12.8 Å². The molecule has 1 aromatic heterocycles. The van der Waals surface area contributed by atoms with Crippen molar-refractivity contribution < 1.29 is 8.78 Å².